The molecule has 8 heteroatoms. The third-order valence-corrected chi connectivity index (χ3v) is 6.83. The Morgan fingerprint density at radius 1 is 1.21 bits per heavy atom. The molecule has 1 aliphatic carbocycles. The fourth-order valence-corrected chi connectivity index (χ4v) is 4.73. The average Bonchev–Trinajstić information content (AvgIpc) is 3.16. The maximum atomic E-state index is 13.6. The molecule has 0 saturated heterocycles. The molecule has 2 aromatic carbocycles. The molecule has 34 heavy (non-hydrogen) atoms. The Bertz CT molecular complexity index is 1290. The fraction of sp³-hybridized carbons (Fsp3) is 0.385. The van der Waals surface area contributed by atoms with E-state index in [0.717, 1.165) is 40.1 Å². The number of methoxy groups -OCH3 is 1. The van der Waals surface area contributed by atoms with Gasteiger partial charge in [0.1, 0.15) is 16.7 Å². The average molecular weight is 481 g/mol. The number of nitrogens with one attached hydrogen (secondary N) is 1. The number of amides is 1. The molecule has 0 fully saturated rings. The number of carbonyl (C=O) groups excluding carboxylic acids is 1. The van der Waals surface area contributed by atoms with Crippen LogP contribution in [0.3, 0.4) is 0 Å². The van der Waals surface area contributed by atoms with E-state index in [0.29, 0.717) is 23.6 Å². The summed E-state index contributed by atoms with van der Waals surface area (Å²) in [7, 11) is 2.16. The molecule has 1 amide bonds. The Kier molecular flexibility index (Phi) is 6.29. The van der Waals surface area contributed by atoms with Gasteiger partial charge in [0.25, 0.3) is 5.91 Å². The van der Waals surface area contributed by atoms with Crippen molar-refractivity contribution in [3.63, 3.8) is 0 Å². The predicted octanol–water partition coefficient (Wildman–Crippen LogP) is 4.53. The number of hydrogen-bond donors (Lipinski definition) is 1. The number of ether oxygens (including phenoxy) is 1. The second kappa shape index (κ2) is 8.91. The summed E-state index contributed by atoms with van der Waals surface area (Å²) in [5, 5.41) is 4.88. The van der Waals surface area contributed by atoms with Crippen molar-refractivity contribution in [3.8, 4) is 22.7 Å². The van der Waals surface area contributed by atoms with E-state index in [4.69, 9.17) is 9.84 Å². The van der Waals surface area contributed by atoms with E-state index >= 15 is 0 Å². The summed E-state index contributed by atoms with van der Waals surface area (Å²) in [6.45, 7) is 8.08. The molecule has 0 radical (unpaired) electrons. The number of carbonyl (C=O) groups is 1. The normalized spacial score (nSPS) is 13.6. The number of nitrogens with zero attached hydrogens (tertiary/aromatic N) is 3. The lowest BCUT2D eigenvalue weighted by Crippen LogP contribution is -2.43. The van der Waals surface area contributed by atoms with Crippen molar-refractivity contribution in [2.75, 3.05) is 25.1 Å². The molecular weight excluding hydrogens is 448 g/mol. The standard InChI is InChI=1S/C26H32N4O3S/c1-16-9-8-10-18(13-16)30-24-19(23(27-30)25(31)29(5)26(2,3)4)12-11-17-14-22(33-6)21(15-20(17)24)28-34(7)32/h8-10,13-15,28H,11-12H2,1-7H3. The van der Waals surface area contributed by atoms with Gasteiger partial charge in [-0.1, -0.05) is 12.1 Å². The molecule has 3 aromatic rings. The number of rotatable bonds is 5. The van der Waals surface area contributed by atoms with Crippen LogP contribution in [0.15, 0.2) is 36.4 Å². The molecule has 1 heterocycles. The lowest BCUT2D eigenvalue weighted by Gasteiger charge is -2.31. The molecule has 180 valence electrons. The highest BCUT2D eigenvalue weighted by molar-refractivity contribution is 7.85. The van der Waals surface area contributed by atoms with Crippen molar-refractivity contribution in [1.29, 1.82) is 0 Å². The third kappa shape index (κ3) is 4.34. The van der Waals surface area contributed by atoms with E-state index in [1.165, 1.54) is 0 Å². The van der Waals surface area contributed by atoms with Gasteiger partial charge < -0.3 is 14.4 Å². The quantitative estimate of drug-likeness (QED) is 0.582. The lowest BCUT2D eigenvalue weighted by molar-refractivity contribution is 0.0648. The Labute approximate surface area is 203 Å². The predicted molar refractivity (Wildman–Crippen MR) is 137 cm³/mol. The number of fused-ring (bicyclic) bond motifs is 3. The molecule has 1 atom stereocenters. The SMILES string of the molecule is COc1cc2c(cc1NS(C)=O)-c1c(c(C(=O)N(C)C(C)(C)C)nn1-c1cccc(C)c1)CC2. The minimum Gasteiger partial charge on any atom is -0.495 e. The first-order valence-corrected chi connectivity index (χ1v) is 12.9. The molecule has 0 spiro atoms. The molecule has 1 N–H and O–H groups in total. The second-order valence-corrected chi connectivity index (χ2v) is 10.8. The van der Waals surface area contributed by atoms with Gasteiger partial charge >= 0.3 is 0 Å². The first-order chi connectivity index (χ1) is 16.0. The smallest absolute Gasteiger partial charge is 0.274 e. The van der Waals surface area contributed by atoms with Crippen LogP contribution in [0, 0.1) is 6.92 Å². The number of anilines is 1. The van der Waals surface area contributed by atoms with Crippen LogP contribution in [0.4, 0.5) is 5.69 Å². The molecule has 1 unspecified atom stereocenters. The highest BCUT2D eigenvalue weighted by Gasteiger charge is 2.33. The first-order valence-electron chi connectivity index (χ1n) is 11.3. The number of aryl methyl sites for hydroxylation is 2. The first kappa shape index (κ1) is 24.0. The summed E-state index contributed by atoms with van der Waals surface area (Å²) in [6, 6.07) is 12.0. The van der Waals surface area contributed by atoms with Gasteiger partial charge in [-0.25, -0.2) is 8.89 Å². The topological polar surface area (TPSA) is 76.5 Å². The van der Waals surface area contributed by atoms with E-state index in [-0.39, 0.29) is 11.4 Å². The summed E-state index contributed by atoms with van der Waals surface area (Å²) in [5.74, 6) is 0.544. The van der Waals surface area contributed by atoms with Crippen molar-refractivity contribution < 1.29 is 13.7 Å². The van der Waals surface area contributed by atoms with Crippen molar-refractivity contribution in [2.24, 2.45) is 0 Å². The monoisotopic (exact) mass is 480 g/mol. The van der Waals surface area contributed by atoms with E-state index in [1.54, 1.807) is 18.3 Å². The minimum absolute atomic E-state index is 0.0971. The number of hydrogen-bond acceptors (Lipinski definition) is 4. The van der Waals surface area contributed by atoms with Crippen molar-refractivity contribution in [1.82, 2.24) is 14.7 Å². The molecular formula is C26H32N4O3S. The van der Waals surface area contributed by atoms with Crippen LogP contribution in [0.25, 0.3) is 16.9 Å². The molecule has 1 aromatic heterocycles. The van der Waals surface area contributed by atoms with E-state index in [9.17, 15) is 9.00 Å². The summed E-state index contributed by atoms with van der Waals surface area (Å²) < 4.78 is 22.4. The Morgan fingerprint density at radius 3 is 2.56 bits per heavy atom. The second-order valence-electron chi connectivity index (χ2n) is 9.73. The maximum Gasteiger partial charge on any atom is 0.274 e. The van der Waals surface area contributed by atoms with Gasteiger partial charge in [-0.2, -0.15) is 5.10 Å². The summed E-state index contributed by atoms with van der Waals surface area (Å²) in [4.78, 5) is 15.3. The van der Waals surface area contributed by atoms with Crippen LogP contribution in [0.5, 0.6) is 5.75 Å². The fourth-order valence-electron chi connectivity index (χ4n) is 4.26. The van der Waals surface area contributed by atoms with Gasteiger partial charge in [0.2, 0.25) is 0 Å². The van der Waals surface area contributed by atoms with Gasteiger partial charge in [-0.15, -0.1) is 0 Å². The van der Waals surface area contributed by atoms with Crippen LogP contribution in [0.2, 0.25) is 0 Å². The summed E-state index contributed by atoms with van der Waals surface area (Å²) >= 11 is 0. The highest BCUT2D eigenvalue weighted by Crippen LogP contribution is 2.42. The molecule has 0 bridgehead atoms. The molecule has 7 nitrogen and oxygen atoms in total. The zero-order chi connectivity index (χ0) is 24.8. The zero-order valence-corrected chi connectivity index (χ0v) is 21.7. The molecule has 0 saturated carbocycles. The van der Waals surface area contributed by atoms with Crippen LogP contribution in [-0.4, -0.2) is 50.7 Å². The minimum atomic E-state index is -1.26. The van der Waals surface area contributed by atoms with Gasteiger partial charge in [-0.05, 0) is 75.9 Å². The zero-order valence-electron chi connectivity index (χ0n) is 20.9. The van der Waals surface area contributed by atoms with Crippen molar-refractivity contribution in [2.45, 2.75) is 46.1 Å². The summed E-state index contributed by atoms with van der Waals surface area (Å²) in [5.41, 5.74) is 6.68. The lowest BCUT2D eigenvalue weighted by atomic mass is 9.87. The third-order valence-electron chi connectivity index (χ3n) is 6.32. The van der Waals surface area contributed by atoms with Gasteiger partial charge in [0.15, 0.2) is 5.69 Å². The molecule has 0 aliphatic heterocycles. The van der Waals surface area contributed by atoms with Crippen LogP contribution in [-0.2, 0) is 23.8 Å². The Balaban J connectivity index is 1.99. The van der Waals surface area contributed by atoms with Gasteiger partial charge in [0.05, 0.1) is 24.2 Å². The van der Waals surface area contributed by atoms with Crippen molar-refractivity contribution >= 4 is 22.6 Å². The largest absolute Gasteiger partial charge is 0.495 e. The van der Waals surface area contributed by atoms with Crippen LogP contribution >= 0.6 is 0 Å². The highest BCUT2D eigenvalue weighted by atomic mass is 32.2. The summed E-state index contributed by atoms with van der Waals surface area (Å²) in [6.07, 6.45) is 3.04. The Hall–Kier alpha value is -3.13. The number of aromatic nitrogens is 2. The van der Waals surface area contributed by atoms with Crippen LogP contribution in [0.1, 0.15) is 48.0 Å². The van der Waals surface area contributed by atoms with Crippen LogP contribution < -0.4 is 9.46 Å². The van der Waals surface area contributed by atoms with Crippen molar-refractivity contribution in [3.05, 3.63) is 58.8 Å². The molecule has 1 aliphatic rings. The van der Waals surface area contributed by atoms with E-state index in [1.807, 2.05) is 69.8 Å². The Morgan fingerprint density at radius 2 is 1.94 bits per heavy atom. The number of benzene rings is 2. The van der Waals surface area contributed by atoms with Gasteiger partial charge in [-0.3, -0.25) is 4.79 Å². The van der Waals surface area contributed by atoms with E-state index in [2.05, 4.69) is 10.8 Å². The van der Waals surface area contributed by atoms with Gasteiger partial charge in [0, 0.05) is 30.0 Å². The maximum absolute atomic E-state index is 13.6. The molecule has 4 rings (SSSR count). The van der Waals surface area contributed by atoms with E-state index < -0.39 is 11.0 Å².